The van der Waals surface area contributed by atoms with Crippen molar-refractivity contribution >= 4 is 112 Å². The maximum atomic E-state index is 2.53. The van der Waals surface area contributed by atoms with Gasteiger partial charge in [-0.15, -0.1) is 22.7 Å². The Morgan fingerprint density at radius 1 is 0.258 bits per heavy atom. The van der Waals surface area contributed by atoms with Crippen molar-refractivity contribution in [3.05, 3.63) is 243 Å². The van der Waals surface area contributed by atoms with E-state index in [2.05, 4.69) is 262 Å². The Bertz CT molecular complexity index is 3260. The Morgan fingerprint density at radius 2 is 0.530 bits per heavy atom. The van der Waals surface area contributed by atoms with E-state index in [0.29, 0.717) is 0 Å². The molecule has 0 atom stereocenters. The monoisotopic (exact) mass is 878 g/mol. The lowest BCUT2D eigenvalue weighted by atomic mass is 9.64. The predicted octanol–water partition coefficient (Wildman–Crippen LogP) is 14.8. The number of para-hydroxylation sites is 4. The highest BCUT2D eigenvalue weighted by atomic mass is 32.1. The normalized spacial score (nSPS) is 13.3. The number of rotatable bonds is 8. The number of hydrogen-bond acceptors (Lipinski definition) is 6. The van der Waals surface area contributed by atoms with Gasteiger partial charge in [-0.2, -0.15) is 0 Å². The van der Waals surface area contributed by atoms with E-state index in [1.165, 1.54) is 97.5 Å². The summed E-state index contributed by atoms with van der Waals surface area (Å²) in [7, 11) is 0. The molecular formula is C58H40B2N4S2. The summed E-state index contributed by atoms with van der Waals surface area (Å²) in [6.45, 7) is -0.120. The van der Waals surface area contributed by atoms with Crippen molar-refractivity contribution in [3.63, 3.8) is 0 Å². The minimum atomic E-state index is -0.0600. The fourth-order valence-electron chi connectivity index (χ4n) is 10.1. The lowest BCUT2D eigenvalue weighted by molar-refractivity contribution is 1.40. The van der Waals surface area contributed by atoms with Gasteiger partial charge in [-0.1, -0.05) is 182 Å². The van der Waals surface area contributed by atoms with Gasteiger partial charge in [0.05, 0.1) is 11.4 Å². The fourth-order valence-corrected chi connectivity index (χ4v) is 12.6. The molecule has 4 heterocycles. The third-order valence-electron chi connectivity index (χ3n) is 13.1. The SMILES string of the molecule is c1ccc(N2B(c3ccc(-c4ccc(-c5ccc(B6N(c7ccccc7)c7sc8ccccc8c7N6c6ccccc6)cc5)cc4)cc3)N(c3ccccc3)c3c2sc2ccccc32)cc1. The second-order valence-electron chi connectivity index (χ2n) is 16.9. The third-order valence-corrected chi connectivity index (χ3v) is 15.4. The minimum absolute atomic E-state index is 0.0600. The first-order valence-electron chi connectivity index (χ1n) is 22.5. The molecular weight excluding hydrogens is 838 g/mol. The van der Waals surface area contributed by atoms with E-state index in [-0.39, 0.29) is 14.0 Å². The van der Waals surface area contributed by atoms with Crippen molar-refractivity contribution in [3.8, 4) is 22.3 Å². The van der Waals surface area contributed by atoms with Crippen molar-refractivity contribution in [2.75, 3.05) is 19.2 Å². The molecule has 310 valence electrons. The smallest absolute Gasteiger partial charge is 0.359 e. The van der Waals surface area contributed by atoms with E-state index in [9.17, 15) is 0 Å². The summed E-state index contributed by atoms with van der Waals surface area (Å²) in [5, 5.41) is 5.09. The number of nitrogens with zero attached hydrogens (tertiary/aromatic N) is 4. The van der Waals surface area contributed by atoms with Crippen LogP contribution in [0.15, 0.2) is 243 Å². The van der Waals surface area contributed by atoms with Crippen LogP contribution in [0.4, 0.5) is 44.1 Å². The topological polar surface area (TPSA) is 13.0 Å². The van der Waals surface area contributed by atoms with E-state index >= 15 is 0 Å². The van der Waals surface area contributed by atoms with Crippen molar-refractivity contribution in [1.82, 2.24) is 0 Å². The Hall–Kier alpha value is -7.77. The zero-order valence-electron chi connectivity index (χ0n) is 35.9. The molecule has 0 bridgehead atoms. The van der Waals surface area contributed by atoms with Crippen molar-refractivity contribution < 1.29 is 0 Å². The molecule has 66 heavy (non-hydrogen) atoms. The van der Waals surface area contributed by atoms with Crippen LogP contribution in [0.3, 0.4) is 0 Å². The minimum Gasteiger partial charge on any atom is -0.359 e. The van der Waals surface area contributed by atoms with Gasteiger partial charge in [0.1, 0.15) is 10.0 Å². The summed E-state index contributed by atoms with van der Waals surface area (Å²) in [6, 6.07) is 88.5. The van der Waals surface area contributed by atoms with Gasteiger partial charge < -0.3 is 19.2 Å². The van der Waals surface area contributed by atoms with Crippen LogP contribution in [-0.4, -0.2) is 14.0 Å². The molecule has 2 aromatic heterocycles. The molecule has 2 aliphatic rings. The second-order valence-corrected chi connectivity index (χ2v) is 19.0. The summed E-state index contributed by atoms with van der Waals surface area (Å²) in [4.78, 5) is 10.1. The quantitative estimate of drug-likeness (QED) is 0.141. The first kappa shape index (κ1) is 38.7. The maximum Gasteiger partial charge on any atom is 0.421 e. The molecule has 0 aliphatic carbocycles. The average molecular weight is 879 g/mol. The van der Waals surface area contributed by atoms with Gasteiger partial charge >= 0.3 is 14.0 Å². The van der Waals surface area contributed by atoms with Crippen molar-refractivity contribution in [2.45, 2.75) is 0 Å². The lowest BCUT2D eigenvalue weighted by Crippen LogP contribution is -2.53. The van der Waals surface area contributed by atoms with Gasteiger partial charge in [0.15, 0.2) is 0 Å². The molecule has 4 nitrogen and oxygen atoms in total. The van der Waals surface area contributed by atoms with E-state index in [0.717, 1.165) is 0 Å². The van der Waals surface area contributed by atoms with Crippen LogP contribution in [0.5, 0.6) is 0 Å². The van der Waals surface area contributed by atoms with Crippen molar-refractivity contribution in [1.29, 1.82) is 0 Å². The van der Waals surface area contributed by atoms with Crippen molar-refractivity contribution in [2.24, 2.45) is 0 Å². The highest BCUT2D eigenvalue weighted by molar-refractivity contribution is 7.26. The first-order valence-corrected chi connectivity index (χ1v) is 24.1. The van der Waals surface area contributed by atoms with E-state index in [1.54, 1.807) is 0 Å². The molecule has 0 fully saturated rings. The zero-order valence-corrected chi connectivity index (χ0v) is 37.5. The number of anilines is 8. The summed E-state index contributed by atoms with van der Waals surface area (Å²) in [6.07, 6.45) is 0. The van der Waals surface area contributed by atoms with Gasteiger partial charge in [0.25, 0.3) is 0 Å². The predicted molar refractivity (Wildman–Crippen MR) is 286 cm³/mol. The molecule has 0 N–H and O–H groups in total. The zero-order chi connectivity index (χ0) is 43.6. The number of thiophene rings is 2. The molecule has 0 saturated heterocycles. The number of hydrogen-bond donors (Lipinski definition) is 0. The van der Waals surface area contributed by atoms with Gasteiger partial charge in [-0.25, -0.2) is 0 Å². The van der Waals surface area contributed by atoms with Crippen LogP contribution in [0.1, 0.15) is 0 Å². The Balaban J connectivity index is 0.823. The second kappa shape index (κ2) is 16.0. The molecule has 8 heteroatoms. The van der Waals surface area contributed by atoms with Crippen LogP contribution in [0.25, 0.3) is 42.4 Å². The first-order chi connectivity index (χ1) is 32.8. The summed E-state index contributed by atoms with van der Waals surface area (Å²) < 4.78 is 2.59. The van der Waals surface area contributed by atoms with Gasteiger partial charge in [0.2, 0.25) is 0 Å². The fraction of sp³-hybridized carbons (Fsp3) is 0. The van der Waals surface area contributed by atoms with Crippen LogP contribution in [0, 0.1) is 0 Å². The van der Waals surface area contributed by atoms with Crippen LogP contribution in [0.2, 0.25) is 0 Å². The van der Waals surface area contributed by atoms with E-state index < -0.39 is 0 Å². The number of fused-ring (bicyclic) bond motifs is 6. The Kier molecular flexibility index (Phi) is 9.39. The Morgan fingerprint density at radius 3 is 0.864 bits per heavy atom. The molecule has 11 aromatic rings. The summed E-state index contributed by atoms with van der Waals surface area (Å²) in [5.41, 5.74) is 14.5. The average Bonchev–Trinajstić information content (AvgIpc) is 4.14. The van der Waals surface area contributed by atoms with E-state index in [4.69, 9.17) is 0 Å². The van der Waals surface area contributed by atoms with Gasteiger partial charge in [-0.3, -0.25) is 0 Å². The number of benzene rings is 9. The molecule has 0 radical (unpaired) electrons. The van der Waals surface area contributed by atoms with Gasteiger partial charge in [-0.05, 0) is 93.8 Å². The molecule has 0 unspecified atom stereocenters. The Labute approximate surface area is 393 Å². The standard InChI is InChI=1S/C58H40B2N4S2/c1-5-17-47(18-6-1)61-55-51-25-13-15-27-53(51)65-57(55)63(49-21-9-3-10-22-49)59(61)45-37-33-43(34-38-45)41-29-31-42(32-30-41)44-35-39-46(40-36-44)60-62(48-19-7-2-8-20-48)56-52-26-14-16-28-54(52)66-58(56)64(60)50-23-11-4-12-24-50/h1-40H. The largest absolute Gasteiger partial charge is 0.421 e. The summed E-state index contributed by atoms with van der Waals surface area (Å²) >= 11 is 3.74. The van der Waals surface area contributed by atoms with Gasteiger partial charge in [0, 0.05) is 42.9 Å². The molecule has 0 spiro atoms. The summed E-state index contributed by atoms with van der Waals surface area (Å²) in [5.74, 6) is 0. The molecule has 2 aliphatic heterocycles. The third kappa shape index (κ3) is 6.36. The van der Waals surface area contributed by atoms with Crippen LogP contribution >= 0.6 is 22.7 Å². The maximum absolute atomic E-state index is 2.53. The highest BCUT2D eigenvalue weighted by Crippen LogP contribution is 2.56. The lowest BCUT2D eigenvalue weighted by Gasteiger charge is -2.30. The van der Waals surface area contributed by atoms with Crippen LogP contribution < -0.4 is 30.2 Å². The molecule has 9 aromatic carbocycles. The van der Waals surface area contributed by atoms with E-state index in [1.807, 2.05) is 22.7 Å². The molecule has 13 rings (SSSR count). The highest BCUT2D eigenvalue weighted by Gasteiger charge is 2.47. The molecule has 0 amide bonds. The molecule has 0 saturated carbocycles. The van der Waals surface area contributed by atoms with Crippen LogP contribution in [-0.2, 0) is 0 Å².